The normalized spacial score (nSPS) is 12.1. The number of aromatic nitrogens is 1. The van der Waals surface area contributed by atoms with E-state index < -0.39 is 12.0 Å². The van der Waals surface area contributed by atoms with Gasteiger partial charge < -0.3 is 10.8 Å². The molecule has 0 fully saturated rings. The van der Waals surface area contributed by atoms with Crippen molar-refractivity contribution < 1.29 is 9.90 Å². The summed E-state index contributed by atoms with van der Waals surface area (Å²) in [4.78, 5) is 15.2. The van der Waals surface area contributed by atoms with Gasteiger partial charge in [0.25, 0.3) is 0 Å². The van der Waals surface area contributed by atoms with Crippen LogP contribution in [0.4, 0.5) is 0 Å². The maximum atomic E-state index is 10.8. The molecule has 2 rings (SSSR count). The minimum atomic E-state index is -1.01. The van der Waals surface area contributed by atoms with E-state index in [-0.39, 0.29) is 6.42 Å². The Labute approximate surface area is 111 Å². The van der Waals surface area contributed by atoms with Crippen molar-refractivity contribution in [2.24, 2.45) is 5.73 Å². The van der Waals surface area contributed by atoms with Crippen LogP contribution in [-0.2, 0) is 11.2 Å². The molecule has 1 aromatic carbocycles. The van der Waals surface area contributed by atoms with Gasteiger partial charge in [0.05, 0.1) is 5.69 Å². The SMILES string of the molecule is Cc1ccccc1-c1cccc(CC(N)C(=O)O)n1. The molecule has 2 aromatic rings. The largest absolute Gasteiger partial charge is 0.480 e. The van der Waals surface area contributed by atoms with Gasteiger partial charge in [-0.25, -0.2) is 0 Å². The molecule has 0 radical (unpaired) electrons. The first-order valence-electron chi connectivity index (χ1n) is 6.08. The van der Waals surface area contributed by atoms with Crippen LogP contribution in [-0.4, -0.2) is 22.1 Å². The first-order valence-corrected chi connectivity index (χ1v) is 6.08. The molecule has 3 N–H and O–H groups in total. The van der Waals surface area contributed by atoms with Crippen LogP contribution in [0.3, 0.4) is 0 Å². The molecule has 4 heteroatoms. The maximum Gasteiger partial charge on any atom is 0.320 e. The Hall–Kier alpha value is -2.20. The summed E-state index contributed by atoms with van der Waals surface area (Å²) in [5.74, 6) is -1.01. The molecule has 1 aromatic heterocycles. The highest BCUT2D eigenvalue weighted by molar-refractivity contribution is 5.73. The zero-order valence-corrected chi connectivity index (χ0v) is 10.7. The Morgan fingerprint density at radius 2 is 2.00 bits per heavy atom. The predicted molar refractivity (Wildman–Crippen MR) is 73.7 cm³/mol. The van der Waals surface area contributed by atoms with Gasteiger partial charge in [-0.05, 0) is 24.6 Å². The van der Waals surface area contributed by atoms with E-state index in [0.717, 1.165) is 16.8 Å². The number of hydrogen-bond acceptors (Lipinski definition) is 3. The summed E-state index contributed by atoms with van der Waals surface area (Å²) in [6.07, 6.45) is 0.231. The molecule has 1 atom stereocenters. The topological polar surface area (TPSA) is 76.2 Å². The first kappa shape index (κ1) is 13.2. The zero-order chi connectivity index (χ0) is 13.8. The first-order chi connectivity index (χ1) is 9.08. The van der Waals surface area contributed by atoms with Gasteiger partial charge in [-0.3, -0.25) is 9.78 Å². The number of carboxylic acids is 1. The van der Waals surface area contributed by atoms with Crippen LogP contribution >= 0.6 is 0 Å². The summed E-state index contributed by atoms with van der Waals surface area (Å²) in [5.41, 5.74) is 9.24. The number of pyridine rings is 1. The fourth-order valence-corrected chi connectivity index (χ4v) is 1.92. The Bertz CT molecular complexity index is 596. The third kappa shape index (κ3) is 3.17. The lowest BCUT2D eigenvalue weighted by molar-refractivity contribution is -0.138. The number of rotatable bonds is 4. The summed E-state index contributed by atoms with van der Waals surface area (Å²) in [6, 6.07) is 12.6. The van der Waals surface area contributed by atoms with Crippen LogP contribution in [0.1, 0.15) is 11.3 Å². The van der Waals surface area contributed by atoms with Crippen LogP contribution in [0.25, 0.3) is 11.3 Å². The number of aliphatic carboxylic acids is 1. The van der Waals surface area contributed by atoms with E-state index >= 15 is 0 Å². The monoisotopic (exact) mass is 256 g/mol. The van der Waals surface area contributed by atoms with E-state index in [4.69, 9.17) is 10.8 Å². The second-order valence-corrected chi connectivity index (χ2v) is 4.48. The molecule has 0 amide bonds. The Morgan fingerprint density at radius 3 is 2.68 bits per heavy atom. The maximum absolute atomic E-state index is 10.8. The van der Waals surface area contributed by atoms with Crippen LogP contribution < -0.4 is 5.73 Å². The number of nitrogens with two attached hydrogens (primary N) is 1. The van der Waals surface area contributed by atoms with Gasteiger partial charge in [0, 0.05) is 17.7 Å². The smallest absolute Gasteiger partial charge is 0.320 e. The van der Waals surface area contributed by atoms with E-state index in [2.05, 4.69) is 4.98 Å². The van der Waals surface area contributed by atoms with Gasteiger partial charge in [-0.15, -0.1) is 0 Å². The van der Waals surface area contributed by atoms with Gasteiger partial charge in [0.1, 0.15) is 6.04 Å². The van der Waals surface area contributed by atoms with E-state index in [9.17, 15) is 4.79 Å². The fourth-order valence-electron chi connectivity index (χ4n) is 1.92. The molecule has 0 saturated heterocycles. The molecule has 19 heavy (non-hydrogen) atoms. The number of hydrogen-bond donors (Lipinski definition) is 2. The van der Waals surface area contributed by atoms with E-state index in [1.54, 1.807) is 6.07 Å². The summed E-state index contributed by atoms with van der Waals surface area (Å²) < 4.78 is 0. The van der Waals surface area contributed by atoms with Crippen molar-refractivity contribution in [1.29, 1.82) is 0 Å². The van der Waals surface area contributed by atoms with Gasteiger partial charge >= 0.3 is 5.97 Å². The fraction of sp³-hybridized carbons (Fsp3) is 0.200. The molecule has 0 aliphatic carbocycles. The molecular weight excluding hydrogens is 240 g/mol. The number of nitrogens with zero attached hydrogens (tertiary/aromatic N) is 1. The van der Waals surface area contributed by atoms with E-state index in [1.807, 2.05) is 43.3 Å². The van der Waals surface area contributed by atoms with Crippen LogP contribution in [0, 0.1) is 6.92 Å². The molecular formula is C15H16N2O2. The quantitative estimate of drug-likeness (QED) is 0.877. The second-order valence-electron chi connectivity index (χ2n) is 4.48. The third-order valence-electron chi connectivity index (χ3n) is 2.97. The molecule has 0 saturated carbocycles. The van der Waals surface area contributed by atoms with E-state index in [0.29, 0.717) is 5.69 Å². The highest BCUT2D eigenvalue weighted by Crippen LogP contribution is 2.21. The molecule has 4 nitrogen and oxygen atoms in total. The lowest BCUT2D eigenvalue weighted by Gasteiger charge is -2.09. The summed E-state index contributed by atoms with van der Waals surface area (Å²) in [7, 11) is 0. The highest BCUT2D eigenvalue weighted by atomic mass is 16.4. The molecule has 1 heterocycles. The standard InChI is InChI=1S/C15H16N2O2/c1-10-5-2-3-7-12(10)14-8-4-6-11(17-14)9-13(16)15(18)19/h2-8,13H,9,16H2,1H3,(H,18,19). The molecule has 0 spiro atoms. The van der Waals surface area contributed by atoms with Crippen molar-refractivity contribution in [3.05, 3.63) is 53.7 Å². The lowest BCUT2D eigenvalue weighted by atomic mass is 10.0. The summed E-state index contributed by atoms with van der Waals surface area (Å²) in [6.45, 7) is 2.02. The van der Waals surface area contributed by atoms with Gasteiger partial charge in [-0.2, -0.15) is 0 Å². The minimum Gasteiger partial charge on any atom is -0.480 e. The Balaban J connectivity index is 2.30. The summed E-state index contributed by atoms with van der Waals surface area (Å²) in [5, 5.41) is 8.82. The summed E-state index contributed by atoms with van der Waals surface area (Å²) >= 11 is 0. The van der Waals surface area contributed by atoms with Crippen molar-refractivity contribution in [2.45, 2.75) is 19.4 Å². The van der Waals surface area contributed by atoms with Crippen molar-refractivity contribution >= 4 is 5.97 Å². The zero-order valence-electron chi connectivity index (χ0n) is 10.7. The van der Waals surface area contributed by atoms with Gasteiger partial charge in [0.2, 0.25) is 0 Å². The minimum absolute atomic E-state index is 0.231. The molecule has 0 aliphatic rings. The predicted octanol–water partition coefficient (Wildman–Crippen LogP) is 2.01. The molecule has 98 valence electrons. The van der Waals surface area contributed by atoms with Crippen molar-refractivity contribution in [2.75, 3.05) is 0 Å². The van der Waals surface area contributed by atoms with E-state index in [1.165, 1.54) is 0 Å². The Morgan fingerprint density at radius 1 is 1.26 bits per heavy atom. The number of benzene rings is 1. The van der Waals surface area contributed by atoms with Crippen molar-refractivity contribution in [1.82, 2.24) is 4.98 Å². The van der Waals surface area contributed by atoms with Gasteiger partial charge in [0.15, 0.2) is 0 Å². The average molecular weight is 256 g/mol. The number of carbonyl (C=O) groups is 1. The van der Waals surface area contributed by atoms with Crippen LogP contribution in [0.15, 0.2) is 42.5 Å². The van der Waals surface area contributed by atoms with Crippen LogP contribution in [0.2, 0.25) is 0 Å². The average Bonchev–Trinajstić information content (AvgIpc) is 2.39. The van der Waals surface area contributed by atoms with Crippen LogP contribution in [0.5, 0.6) is 0 Å². The number of carboxylic acid groups (broad SMARTS) is 1. The van der Waals surface area contributed by atoms with Crippen molar-refractivity contribution in [3.63, 3.8) is 0 Å². The number of aryl methyl sites for hydroxylation is 1. The molecule has 0 bridgehead atoms. The lowest BCUT2D eigenvalue weighted by Crippen LogP contribution is -2.32. The highest BCUT2D eigenvalue weighted by Gasteiger charge is 2.13. The molecule has 0 aliphatic heterocycles. The molecule has 1 unspecified atom stereocenters. The second kappa shape index (κ2) is 5.63. The third-order valence-corrected chi connectivity index (χ3v) is 2.97. The Kier molecular flexibility index (Phi) is 3.92. The van der Waals surface area contributed by atoms with Crippen molar-refractivity contribution in [3.8, 4) is 11.3 Å². The van der Waals surface area contributed by atoms with Gasteiger partial charge in [-0.1, -0.05) is 30.3 Å².